The molecule has 8 nitrogen and oxygen atoms in total. The molecular weight excluding hydrogens is 354 g/mol. The molecule has 0 aliphatic heterocycles. The van der Waals surface area contributed by atoms with Gasteiger partial charge in [0, 0.05) is 11.5 Å². The van der Waals surface area contributed by atoms with E-state index in [1.165, 1.54) is 25.3 Å². The standard InChI is InChI=1S/C19H17NO7/c1-3-25-19(21)18-14(13-6-4-5-7-15(13)27-18)11-26-16-9-8-12(20(22)23)10-17(16)24-2/h4-10H,3,11H2,1-2H3. The Morgan fingerprint density at radius 2 is 1.96 bits per heavy atom. The fourth-order valence-corrected chi connectivity index (χ4v) is 2.64. The van der Waals surface area contributed by atoms with Gasteiger partial charge in [-0.1, -0.05) is 18.2 Å². The van der Waals surface area contributed by atoms with Crippen LogP contribution >= 0.6 is 0 Å². The third-order valence-electron chi connectivity index (χ3n) is 3.89. The van der Waals surface area contributed by atoms with Crippen LogP contribution in [0.3, 0.4) is 0 Å². The van der Waals surface area contributed by atoms with Gasteiger partial charge in [-0.15, -0.1) is 0 Å². The summed E-state index contributed by atoms with van der Waals surface area (Å²) in [6, 6.07) is 11.2. The Morgan fingerprint density at radius 3 is 2.67 bits per heavy atom. The summed E-state index contributed by atoms with van der Waals surface area (Å²) in [7, 11) is 1.39. The lowest BCUT2D eigenvalue weighted by Crippen LogP contribution is -2.08. The first-order valence-electron chi connectivity index (χ1n) is 8.18. The number of esters is 1. The Morgan fingerprint density at radius 1 is 1.19 bits per heavy atom. The third kappa shape index (κ3) is 3.69. The zero-order chi connectivity index (χ0) is 19.4. The molecule has 2 aromatic carbocycles. The van der Waals surface area contributed by atoms with Crippen molar-refractivity contribution >= 4 is 22.6 Å². The van der Waals surface area contributed by atoms with Crippen molar-refractivity contribution in [2.75, 3.05) is 13.7 Å². The maximum atomic E-state index is 12.2. The van der Waals surface area contributed by atoms with Gasteiger partial charge in [0.05, 0.1) is 30.3 Å². The molecule has 0 atom stereocenters. The Hall–Kier alpha value is -3.55. The largest absolute Gasteiger partial charge is 0.493 e. The van der Waals surface area contributed by atoms with E-state index in [4.69, 9.17) is 18.6 Å². The summed E-state index contributed by atoms with van der Waals surface area (Å²) in [6.45, 7) is 1.92. The van der Waals surface area contributed by atoms with Crippen LogP contribution in [0.2, 0.25) is 0 Å². The number of nitro benzene ring substituents is 1. The van der Waals surface area contributed by atoms with Crippen molar-refractivity contribution in [3.8, 4) is 11.5 Å². The van der Waals surface area contributed by atoms with Crippen molar-refractivity contribution in [1.29, 1.82) is 0 Å². The van der Waals surface area contributed by atoms with E-state index in [-0.39, 0.29) is 30.4 Å². The van der Waals surface area contributed by atoms with Gasteiger partial charge in [-0.25, -0.2) is 4.79 Å². The number of methoxy groups -OCH3 is 1. The van der Waals surface area contributed by atoms with E-state index < -0.39 is 10.9 Å². The zero-order valence-corrected chi connectivity index (χ0v) is 14.8. The minimum atomic E-state index is -0.581. The number of nitro groups is 1. The predicted octanol–water partition coefficient (Wildman–Crippen LogP) is 4.11. The Kier molecular flexibility index (Phi) is 5.25. The summed E-state index contributed by atoms with van der Waals surface area (Å²) < 4.78 is 21.6. The molecule has 0 bridgehead atoms. The van der Waals surface area contributed by atoms with Crippen molar-refractivity contribution in [2.45, 2.75) is 13.5 Å². The van der Waals surface area contributed by atoms with Gasteiger partial charge in [-0.3, -0.25) is 10.1 Å². The normalized spacial score (nSPS) is 10.6. The van der Waals surface area contributed by atoms with Crippen molar-refractivity contribution in [1.82, 2.24) is 0 Å². The predicted molar refractivity (Wildman–Crippen MR) is 96.2 cm³/mol. The fraction of sp³-hybridized carbons (Fsp3) is 0.211. The second-order valence-electron chi connectivity index (χ2n) is 5.51. The van der Waals surface area contributed by atoms with E-state index >= 15 is 0 Å². The molecule has 3 aromatic rings. The summed E-state index contributed by atoms with van der Waals surface area (Å²) in [5.74, 6) is 0.0137. The van der Waals surface area contributed by atoms with Gasteiger partial charge < -0.3 is 18.6 Å². The third-order valence-corrected chi connectivity index (χ3v) is 3.89. The van der Waals surface area contributed by atoms with Crippen LogP contribution in [-0.2, 0) is 11.3 Å². The number of non-ortho nitro benzene ring substituents is 1. The van der Waals surface area contributed by atoms with Crippen LogP contribution in [0.5, 0.6) is 11.5 Å². The van der Waals surface area contributed by atoms with Crippen LogP contribution in [0.4, 0.5) is 5.69 Å². The summed E-state index contributed by atoms with van der Waals surface area (Å²) in [5.41, 5.74) is 0.958. The molecule has 0 fully saturated rings. The molecule has 0 radical (unpaired) electrons. The van der Waals surface area contributed by atoms with Gasteiger partial charge >= 0.3 is 5.97 Å². The Labute approximate surface area is 154 Å². The first-order valence-corrected chi connectivity index (χ1v) is 8.18. The van der Waals surface area contributed by atoms with Crippen molar-refractivity contribution in [2.24, 2.45) is 0 Å². The number of para-hydroxylation sites is 1. The molecule has 1 aromatic heterocycles. The molecule has 140 valence electrons. The SMILES string of the molecule is CCOC(=O)c1oc2ccccc2c1COc1ccc([N+](=O)[O-])cc1OC. The van der Waals surface area contributed by atoms with Crippen LogP contribution in [0.25, 0.3) is 11.0 Å². The van der Waals surface area contributed by atoms with Crippen molar-refractivity contribution in [3.63, 3.8) is 0 Å². The maximum Gasteiger partial charge on any atom is 0.374 e. The Balaban J connectivity index is 1.94. The van der Waals surface area contributed by atoms with E-state index in [9.17, 15) is 14.9 Å². The second-order valence-corrected chi connectivity index (χ2v) is 5.51. The summed E-state index contributed by atoms with van der Waals surface area (Å²) >= 11 is 0. The highest BCUT2D eigenvalue weighted by molar-refractivity contribution is 5.96. The number of rotatable bonds is 7. The van der Waals surface area contributed by atoms with Crippen LogP contribution in [0.1, 0.15) is 23.0 Å². The molecule has 8 heteroatoms. The van der Waals surface area contributed by atoms with Gasteiger partial charge in [0.1, 0.15) is 12.2 Å². The fourth-order valence-electron chi connectivity index (χ4n) is 2.64. The van der Waals surface area contributed by atoms with E-state index in [0.717, 1.165) is 5.39 Å². The lowest BCUT2D eigenvalue weighted by Gasteiger charge is -2.10. The Bertz CT molecular complexity index is 993. The molecule has 27 heavy (non-hydrogen) atoms. The number of hydrogen-bond acceptors (Lipinski definition) is 7. The highest BCUT2D eigenvalue weighted by atomic mass is 16.6. The number of hydrogen-bond donors (Lipinski definition) is 0. The van der Waals surface area contributed by atoms with E-state index in [2.05, 4.69) is 0 Å². The molecule has 0 spiro atoms. The maximum absolute atomic E-state index is 12.2. The average Bonchev–Trinajstić information content (AvgIpc) is 3.05. The van der Waals surface area contributed by atoms with E-state index in [0.29, 0.717) is 16.9 Å². The molecule has 3 rings (SSSR count). The van der Waals surface area contributed by atoms with Gasteiger partial charge in [0.2, 0.25) is 5.76 Å². The van der Waals surface area contributed by atoms with Gasteiger partial charge in [-0.05, 0) is 19.1 Å². The van der Waals surface area contributed by atoms with E-state index in [1.807, 2.05) is 12.1 Å². The number of ether oxygens (including phenoxy) is 3. The minimum absolute atomic E-state index is 0.000663. The lowest BCUT2D eigenvalue weighted by atomic mass is 10.1. The molecule has 0 N–H and O–H groups in total. The molecule has 0 amide bonds. The first-order chi connectivity index (χ1) is 13.0. The topological polar surface area (TPSA) is 101 Å². The van der Waals surface area contributed by atoms with Crippen LogP contribution in [0, 0.1) is 10.1 Å². The quantitative estimate of drug-likeness (QED) is 0.350. The number of fused-ring (bicyclic) bond motifs is 1. The summed E-state index contributed by atoms with van der Waals surface area (Å²) in [6.07, 6.45) is 0. The summed E-state index contributed by atoms with van der Waals surface area (Å²) in [5, 5.41) is 11.6. The van der Waals surface area contributed by atoms with E-state index in [1.54, 1.807) is 19.1 Å². The average molecular weight is 371 g/mol. The highest BCUT2D eigenvalue weighted by Gasteiger charge is 2.22. The number of benzene rings is 2. The molecule has 0 aliphatic rings. The van der Waals surface area contributed by atoms with Crippen molar-refractivity contribution < 1.29 is 28.3 Å². The number of carbonyl (C=O) groups excluding carboxylic acids is 1. The smallest absolute Gasteiger partial charge is 0.374 e. The van der Waals surface area contributed by atoms with Crippen LogP contribution < -0.4 is 9.47 Å². The number of nitrogens with zero attached hydrogens (tertiary/aromatic N) is 1. The molecule has 0 saturated carbocycles. The minimum Gasteiger partial charge on any atom is -0.493 e. The number of furan rings is 1. The monoisotopic (exact) mass is 371 g/mol. The van der Waals surface area contributed by atoms with Crippen LogP contribution in [-0.4, -0.2) is 24.6 Å². The zero-order valence-electron chi connectivity index (χ0n) is 14.8. The van der Waals surface area contributed by atoms with Crippen LogP contribution in [0.15, 0.2) is 46.9 Å². The molecular formula is C19H17NO7. The van der Waals surface area contributed by atoms with Crippen molar-refractivity contribution in [3.05, 3.63) is 63.9 Å². The summed E-state index contributed by atoms with van der Waals surface area (Å²) in [4.78, 5) is 22.6. The molecule has 0 unspecified atom stereocenters. The first kappa shape index (κ1) is 18.2. The molecule has 0 saturated heterocycles. The van der Waals surface area contributed by atoms with Gasteiger partial charge in [0.15, 0.2) is 11.5 Å². The number of carbonyl (C=O) groups is 1. The lowest BCUT2D eigenvalue weighted by molar-refractivity contribution is -0.385. The highest BCUT2D eigenvalue weighted by Crippen LogP contribution is 2.33. The molecule has 0 aliphatic carbocycles. The second kappa shape index (κ2) is 7.77. The van der Waals surface area contributed by atoms with Gasteiger partial charge in [0.25, 0.3) is 5.69 Å². The molecule has 1 heterocycles. The van der Waals surface area contributed by atoms with Gasteiger partial charge in [-0.2, -0.15) is 0 Å².